The fourth-order valence-electron chi connectivity index (χ4n) is 2.69. The van der Waals surface area contributed by atoms with Crippen LogP contribution < -0.4 is 0 Å². The monoisotopic (exact) mass is 648 g/mol. The summed E-state index contributed by atoms with van der Waals surface area (Å²) in [6.07, 6.45) is -35.4. The lowest BCUT2D eigenvalue weighted by Crippen LogP contribution is -2.54. The molecular weight excluding hydrogens is 647 g/mol. The lowest BCUT2D eigenvalue weighted by molar-refractivity contribution is -0.523. The van der Waals surface area contributed by atoms with Crippen LogP contribution in [-0.4, -0.2) is 24.5 Å². The Balaban J connectivity index is 2.96. The second-order valence-corrected chi connectivity index (χ2v) is 7.20. The van der Waals surface area contributed by atoms with Crippen molar-refractivity contribution in [2.24, 2.45) is 0 Å². The molecule has 1 atom stereocenters. The Bertz CT molecular complexity index is 1290. The number of hydrogen-bond acceptors (Lipinski definition) is 2. The molecule has 0 aromatic heterocycles. The molecule has 0 heterocycles. The van der Waals surface area contributed by atoms with Gasteiger partial charge in [0.25, 0.3) is 0 Å². The van der Waals surface area contributed by atoms with Crippen LogP contribution in [0.15, 0.2) is 0 Å². The molecule has 0 radical (unpaired) electrons. The molecule has 2 nitrogen and oxygen atoms in total. The van der Waals surface area contributed by atoms with Crippen molar-refractivity contribution in [2.45, 2.75) is 36.5 Å². The molecule has 0 bridgehead atoms. The van der Waals surface area contributed by atoms with Crippen molar-refractivity contribution in [3.05, 3.63) is 69.3 Å². The molecule has 1 unspecified atom stereocenters. The molecule has 0 N–H and O–H groups in total. The molecule has 232 valence electrons. The summed E-state index contributed by atoms with van der Waals surface area (Å²) in [7, 11) is 0. The maximum Gasteiger partial charge on any atom is 0.483 e. The van der Waals surface area contributed by atoms with E-state index in [0.717, 1.165) is 0 Å². The molecular formula is C18HF21O2. The normalized spacial score (nSPS) is 14.6. The lowest BCUT2D eigenvalue weighted by atomic mass is 9.94. The Kier molecular flexibility index (Phi) is 8.57. The Morgan fingerprint density at radius 2 is 0.707 bits per heavy atom. The number of benzene rings is 2. The van der Waals surface area contributed by atoms with Crippen molar-refractivity contribution in [3.63, 3.8) is 0 Å². The zero-order valence-electron chi connectivity index (χ0n) is 17.8. The van der Waals surface area contributed by atoms with Crippen molar-refractivity contribution in [1.82, 2.24) is 0 Å². The quantitative estimate of drug-likeness (QED) is 0.163. The Morgan fingerprint density at radius 3 is 1.05 bits per heavy atom. The lowest BCUT2D eigenvalue weighted by Gasteiger charge is -2.35. The molecule has 0 aliphatic heterocycles. The molecule has 0 saturated carbocycles. The fourth-order valence-corrected chi connectivity index (χ4v) is 2.69. The van der Waals surface area contributed by atoms with Crippen molar-refractivity contribution in [3.8, 4) is 0 Å². The van der Waals surface area contributed by atoms with Crippen LogP contribution in [0.2, 0.25) is 0 Å². The number of halogens is 21. The first-order chi connectivity index (χ1) is 18.2. The summed E-state index contributed by atoms with van der Waals surface area (Å²) in [5.74, 6) is -42.4. The maximum absolute atomic E-state index is 15.0. The third-order valence-corrected chi connectivity index (χ3v) is 4.57. The first kappa shape index (κ1) is 34.1. The minimum Gasteiger partial charge on any atom is -0.298 e. The molecule has 41 heavy (non-hydrogen) atoms. The highest BCUT2D eigenvalue weighted by atomic mass is 19.4. The third kappa shape index (κ3) is 5.56. The van der Waals surface area contributed by atoms with Crippen molar-refractivity contribution >= 4 is 0 Å². The Hall–Kier alpha value is -3.11. The molecule has 0 saturated heterocycles. The molecule has 0 aliphatic rings. The molecule has 0 aliphatic carbocycles. The molecule has 0 spiro atoms. The van der Waals surface area contributed by atoms with E-state index in [9.17, 15) is 83.4 Å². The summed E-state index contributed by atoms with van der Waals surface area (Å²) in [5.41, 5.74) is -7.48. The smallest absolute Gasteiger partial charge is 0.298 e. The Labute approximate surface area is 208 Å². The maximum atomic E-state index is 15.0. The van der Waals surface area contributed by atoms with E-state index in [4.69, 9.17) is 0 Å². The number of alkyl halides is 11. The summed E-state index contributed by atoms with van der Waals surface area (Å²) in [6, 6.07) is 0. The van der Waals surface area contributed by atoms with Gasteiger partial charge in [-0.2, -0.15) is 48.3 Å². The van der Waals surface area contributed by atoms with Gasteiger partial charge in [-0.15, -0.1) is 0 Å². The minimum absolute atomic E-state index is 1.51. The van der Waals surface area contributed by atoms with E-state index < -0.39 is 106 Å². The van der Waals surface area contributed by atoms with E-state index >= 15 is 8.78 Å². The van der Waals surface area contributed by atoms with Gasteiger partial charge in [0.05, 0.1) is 5.56 Å². The van der Waals surface area contributed by atoms with Crippen LogP contribution in [0.25, 0.3) is 0 Å². The highest BCUT2D eigenvalue weighted by Crippen LogP contribution is 2.53. The predicted octanol–water partition coefficient (Wildman–Crippen LogP) is 8.28. The van der Waals surface area contributed by atoms with Gasteiger partial charge in [-0.05, 0) is 0 Å². The average Bonchev–Trinajstić information content (AvgIpc) is 2.81. The van der Waals surface area contributed by atoms with E-state index in [1.165, 1.54) is 4.74 Å². The molecule has 2 aromatic rings. The largest absolute Gasteiger partial charge is 0.483 e. The summed E-state index contributed by atoms with van der Waals surface area (Å²) in [5, 5.41) is 0. The summed E-state index contributed by atoms with van der Waals surface area (Å²) in [4.78, 5) is 0. The number of rotatable bonds is 8. The zero-order valence-corrected chi connectivity index (χ0v) is 17.8. The summed E-state index contributed by atoms with van der Waals surface area (Å²) >= 11 is 0. The number of hydrogen-bond donors (Lipinski definition) is 0. The van der Waals surface area contributed by atoms with Gasteiger partial charge in [0, 0.05) is 0 Å². The highest BCUT2D eigenvalue weighted by molar-refractivity contribution is 5.34. The van der Waals surface area contributed by atoms with Gasteiger partial charge < -0.3 is 0 Å². The van der Waals surface area contributed by atoms with Crippen LogP contribution in [-0.2, 0) is 15.4 Å². The average molecular weight is 648 g/mol. The van der Waals surface area contributed by atoms with Gasteiger partial charge in [0.15, 0.2) is 52.6 Å². The summed E-state index contributed by atoms with van der Waals surface area (Å²) < 4.78 is 288. The van der Waals surface area contributed by atoms with Crippen LogP contribution >= 0.6 is 0 Å². The van der Waals surface area contributed by atoms with Crippen LogP contribution in [0.3, 0.4) is 0 Å². The molecule has 0 amide bonds. The van der Waals surface area contributed by atoms with Crippen LogP contribution in [0.4, 0.5) is 92.2 Å². The van der Waals surface area contributed by atoms with E-state index in [0.29, 0.717) is 0 Å². The topological polar surface area (TPSA) is 18.5 Å². The third-order valence-electron chi connectivity index (χ3n) is 4.57. The highest BCUT2D eigenvalue weighted by Gasteiger charge is 2.72. The van der Waals surface area contributed by atoms with Crippen LogP contribution in [0, 0.1) is 58.2 Å². The molecule has 2 aromatic carbocycles. The minimum atomic E-state index is -7.60. The van der Waals surface area contributed by atoms with Crippen molar-refractivity contribution in [1.29, 1.82) is 0 Å². The van der Waals surface area contributed by atoms with E-state index in [-0.39, 0.29) is 0 Å². The first-order valence-electron chi connectivity index (χ1n) is 9.14. The van der Waals surface area contributed by atoms with E-state index in [2.05, 4.69) is 4.74 Å². The second-order valence-electron chi connectivity index (χ2n) is 7.20. The van der Waals surface area contributed by atoms with E-state index in [1.807, 2.05) is 0 Å². The second kappa shape index (κ2) is 10.3. The van der Waals surface area contributed by atoms with Gasteiger partial charge >= 0.3 is 30.4 Å². The SMILES string of the molecule is Fc1c(F)c(F)c(C(OC(F)(F)C(F)(F)OC(F)(F)C(F)(F)F)C(F)(F)c2c(F)c(F)c(F)c(F)c2F)c(F)c1F. The molecule has 0 fully saturated rings. The fraction of sp³-hybridized carbons (Fsp3) is 0.333. The van der Waals surface area contributed by atoms with Gasteiger partial charge in [0.1, 0.15) is 5.56 Å². The van der Waals surface area contributed by atoms with Crippen molar-refractivity contribution in [2.75, 3.05) is 0 Å². The van der Waals surface area contributed by atoms with Gasteiger partial charge in [0.2, 0.25) is 11.6 Å². The first-order valence-corrected chi connectivity index (χ1v) is 9.14. The van der Waals surface area contributed by atoms with Gasteiger partial charge in [-0.3, -0.25) is 4.74 Å². The number of ether oxygens (including phenoxy) is 2. The standard InChI is InChI=1S/C18HF21O2/c19-3-1(4(20)8(24)11(27)7(3)23)13(14(29,30)2-5(21)9(25)12(28)10(26)6(2)22)40-17(36,37)18(38,39)41-16(34,35)15(31,32)33/h13H. The predicted molar refractivity (Wildman–Crippen MR) is 82.2 cm³/mol. The summed E-state index contributed by atoms with van der Waals surface area (Å²) in [6.45, 7) is 0. The van der Waals surface area contributed by atoms with E-state index in [1.54, 1.807) is 0 Å². The molecule has 23 heteroatoms. The van der Waals surface area contributed by atoms with Crippen LogP contribution in [0.1, 0.15) is 17.2 Å². The molecule has 2 rings (SSSR count). The van der Waals surface area contributed by atoms with Gasteiger partial charge in [-0.1, -0.05) is 0 Å². The van der Waals surface area contributed by atoms with Gasteiger partial charge in [-0.25, -0.2) is 48.6 Å². The Morgan fingerprint density at radius 1 is 0.390 bits per heavy atom. The van der Waals surface area contributed by atoms with Crippen molar-refractivity contribution < 1.29 is 102 Å². The zero-order chi connectivity index (χ0) is 32.4. The van der Waals surface area contributed by atoms with Crippen LogP contribution in [0.5, 0.6) is 0 Å².